The predicted octanol–water partition coefficient (Wildman–Crippen LogP) is 0.239. The van der Waals surface area contributed by atoms with E-state index in [9.17, 15) is 9.59 Å². The van der Waals surface area contributed by atoms with Crippen molar-refractivity contribution in [1.82, 2.24) is 10.2 Å². The topological polar surface area (TPSA) is 75.4 Å². The number of likely N-dealkylation sites (tertiary alicyclic amines) is 1. The fourth-order valence-electron chi connectivity index (χ4n) is 2.39. The fourth-order valence-corrected chi connectivity index (χ4v) is 2.39. The number of nitrogens with two attached hydrogens (primary N) is 1. The summed E-state index contributed by atoms with van der Waals surface area (Å²) in [6.07, 6.45) is 3.09. The van der Waals surface area contributed by atoms with Crippen LogP contribution in [0.25, 0.3) is 0 Å². The fraction of sp³-hybridized carbons (Fsp3) is 0.833. The zero-order chi connectivity index (χ0) is 13.0. The van der Waals surface area contributed by atoms with Crippen molar-refractivity contribution in [2.24, 2.45) is 5.73 Å². The molecular formula is C12H23N3O2. The van der Waals surface area contributed by atoms with Crippen molar-refractivity contribution in [1.29, 1.82) is 0 Å². The van der Waals surface area contributed by atoms with Gasteiger partial charge in [0.15, 0.2) is 0 Å². The third-order valence-corrected chi connectivity index (χ3v) is 3.23. The van der Waals surface area contributed by atoms with Crippen molar-refractivity contribution in [3.05, 3.63) is 0 Å². The molecule has 0 aliphatic carbocycles. The Morgan fingerprint density at radius 2 is 2.00 bits per heavy atom. The van der Waals surface area contributed by atoms with Gasteiger partial charge >= 0.3 is 0 Å². The molecule has 2 amide bonds. The summed E-state index contributed by atoms with van der Waals surface area (Å²) in [5, 5.41) is 2.63. The van der Waals surface area contributed by atoms with Gasteiger partial charge in [0.05, 0.1) is 0 Å². The van der Waals surface area contributed by atoms with Crippen molar-refractivity contribution in [2.45, 2.75) is 58.2 Å². The van der Waals surface area contributed by atoms with Crippen LogP contribution in [-0.2, 0) is 9.59 Å². The lowest BCUT2D eigenvalue weighted by Crippen LogP contribution is -2.56. The Morgan fingerprint density at radius 1 is 1.35 bits per heavy atom. The van der Waals surface area contributed by atoms with Crippen molar-refractivity contribution in [3.8, 4) is 0 Å². The Hall–Kier alpha value is -1.10. The lowest BCUT2D eigenvalue weighted by molar-refractivity contribution is -0.139. The lowest BCUT2D eigenvalue weighted by atomic mass is 9.96. The van der Waals surface area contributed by atoms with E-state index in [2.05, 4.69) is 5.32 Å². The highest BCUT2D eigenvalue weighted by Gasteiger charge is 2.31. The van der Waals surface area contributed by atoms with Crippen LogP contribution in [0, 0.1) is 0 Å². The lowest BCUT2D eigenvalue weighted by Gasteiger charge is -2.39. The van der Waals surface area contributed by atoms with E-state index in [1.807, 2.05) is 11.8 Å². The summed E-state index contributed by atoms with van der Waals surface area (Å²) in [4.78, 5) is 25.0. The van der Waals surface area contributed by atoms with Crippen LogP contribution in [0.5, 0.6) is 0 Å². The summed E-state index contributed by atoms with van der Waals surface area (Å²) in [7, 11) is 0. The smallest absolute Gasteiger partial charge is 0.245 e. The van der Waals surface area contributed by atoms with Gasteiger partial charge in [0.2, 0.25) is 11.8 Å². The van der Waals surface area contributed by atoms with Crippen molar-refractivity contribution < 1.29 is 9.59 Å². The van der Waals surface area contributed by atoms with E-state index >= 15 is 0 Å². The normalized spacial score (nSPS) is 24.0. The third kappa shape index (κ3) is 3.70. The van der Waals surface area contributed by atoms with Gasteiger partial charge in [-0.05, 0) is 33.1 Å². The maximum absolute atomic E-state index is 12.2. The summed E-state index contributed by atoms with van der Waals surface area (Å²) in [5.41, 5.74) is 5.92. The van der Waals surface area contributed by atoms with Crippen LogP contribution in [0.2, 0.25) is 0 Å². The summed E-state index contributed by atoms with van der Waals surface area (Å²) >= 11 is 0. The Morgan fingerprint density at radius 3 is 2.53 bits per heavy atom. The zero-order valence-electron chi connectivity index (χ0n) is 10.9. The summed E-state index contributed by atoms with van der Waals surface area (Å²) in [6, 6.07) is -0.386. The monoisotopic (exact) mass is 241 g/mol. The molecule has 1 saturated heterocycles. The number of hydrogen-bond acceptors (Lipinski definition) is 3. The van der Waals surface area contributed by atoms with Gasteiger partial charge in [-0.1, -0.05) is 0 Å². The number of carbonyl (C=O) groups is 2. The van der Waals surface area contributed by atoms with Crippen molar-refractivity contribution in [2.75, 3.05) is 6.54 Å². The number of nitrogens with zero attached hydrogens (tertiary/aromatic N) is 1. The van der Waals surface area contributed by atoms with Crippen molar-refractivity contribution >= 4 is 11.8 Å². The minimum absolute atomic E-state index is 0.0243. The van der Waals surface area contributed by atoms with E-state index in [0.717, 1.165) is 25.8 Å². The first kappa shape index (κ1) is 14.0. The first-order valence-corrected chi connectivity index (χ1v) is 6.26. The van der Waals surface area contributed by atoms with E-state index in [-0.39, 0.29) is 23.9 Å². The van der Waals surface area contributed by atoms with Crippen molar-refractivity contribution in [3.63, 3.8) is 0 Å². The molecule has 1 heterocycles. The molecule has 0 aromatic rings. The van der Waals surface area contributed by atoms with Gasteiger partial charge in [-0.3, -0.25) is 9.59 Å². The summed E-state index contributed by atoms with van der Waals surface area (Å²) in [5.74, 6) is -0.206. The molecule has 0 unspecified atom stereocenters. The first-order valence-electron chi connectivity index (χ1n) is 6.26. The highest BCUT2D eigenvalue weighted by atomic mass is 16.2. The third-order valence-electron chi connectivity index (χ3n) is 3.23. The molecule has 1 fully saturated rings. The Bertz CT molecular complexity index is 291. The van der Waals surface area contributed by atoms with Crippen LogP contribution >= 0.6 is 0 Å². The number of rotatable bonds is 3. The van der Waals surface area contributed by atoms with E-state index in [0.29, 0.717) is 0 Å². The van der Waals surface area contributed by atoms with Crippen LogP contribution < -0.4 is 11.1 Å². The minimum atomic E-state index is -0.466. The minimum Gasteiger partial charge on any atom is -0.345 e. The molecule has 5 nitrogen and oxygen atoms in total. The van der Waals surface area contributed by atoms with Gasteiger partial charge in [0.25, 0.3) is 0 Å². The van der Waals surface area contributed by atoms with Crippen LogP contribution in [0.15, 0.2) is 0 Å². The number of carbonyl (C=O) groups excluding carboxylic acids is 2. The standard InChI is InChI=1S/C12H23N3O2/c1-8(13)11-6-4-5-7-15(11)12(17)9(2)14-10(3)16/h8-9,11H,4-7,13H2,1-3H3,(H,14,16)/t8-,9+,11-/m0/s1. The Balaban J connectivity index is 2.67. The highest BCUT2D eigenvalue weighted by molar-refractivity contribution is 5.86. The van der Waals surface area contributed by atoms with Crippen LogP contribution in [0.1, 0.15) is 40.0 Å². The number of amides is 2. The van der Waals surface area contributed by atoms with E-state index < -0.39 is 6.04 Å². The van der Waals surface area contributed by atoms with Crippen LogP contribution in [-0.4, -0.2) is 41.4 Å². The van der Waals surface area contributed by atoms with E-state index in [4.69, 9.17) is 5.73 Å². The van der Waals surface area contributed by atoms with Crippen LogP contribution in [0.3, 0.4) is 0 Å². The predicted molar refractivity (Wildman–Crippen MR) is 66.3 cm³/mol. The molecule has 1 aliphatic rings. The maximum atomic E-state index is 12.2. The largest absolute Gasteiger partial charge is 0.345 e. The quantitative estimate of drug-likeness (QED) is 0.743. The second kappa shape index (κ2) is 6.00. The molecular weight excluding hydrogens is 218 g/mol. The molecule has 98 valence electrons. The average Bonchev–Trinajstić information content (AvgIpc) is 2.27. The first-order chi connectivity index (χ1) is 7.93. The van der Waals surface area contributed by atoms with Gasteiger partial charge in [0, 0.05) is 25.6 Å². The molecule has 5 heteroatoms. The number of piperidine rings is 1. The molecule has 0 aromatic carbocycles. The zero-order valence-corrected chi connectivity index (χ0v) is 10.9. The Labute approximate surface area is 103 Å². The SMILES string of the molecule is CC(=O)N[C@H](C)C(=O)N1CCCC[C@H]1[C@H](C)N. The molecule has 0 bridgehead atoms. The molecule has 1 rings (SSSR count). The van der Waals surface area contributed by atoms with Gasteiger partial charge in [-0.25, -0.2) is 0 Å². The second-order valence-electron chi connectivity index (χ2n) is 4.88. The molecule has 1 aliphatic heterocycles. The van der Waals surface area contributed by atoms with Crippen LogP contribution in [0.4, 0.5) is 0 Å². The second-order valence-corrected chi connectivity index (χ2v) is 4.88. The van der Waals surface area contributed by atoms with E-state index in [1.54, 1.807) is 6.92 Å². The Kier molecular flexibility index (Phi) is 4.93. The van der Waals surface area contributed by atoms with Gasteiger partial charge in [-0.15, -0.1) is 0 Å². The van der Waals surface area contributed by atoms with Gasteiger partial charge in [0.1, 0.15) is 6.04 Å². The number of hydrogen-bond donors (Lipinski definition) is 2. The molecule has 17 heavy (non-hydrogen) atoms. The van der Waals surface area contributed by atoms with E-state index in [1.165, 1.54) is 6.92 Å². The molecule has 3 atom stereocenters. The molecule has 0 saturated carbocycles. The average molecular weight is 241 g/mol. The summed E-state index contributed by atoms with van der Waals surface area (Å²) in [6.45, 7) is 5.81. The molecule has 3 N–H and O–H groups in total. The van der Waals surface area contributed by atoms with Gasteiger partial charge in [-0.2, -0.15) is 0 Å². The molecule has 0 aromatic heterocycles. The maximum Gasteiger partial charge on any atom is 0.245 e. The molecule has 0 radical (unpaired) electrons. The number of nitrogens with one attached hydrogen (secondary N) is 1. The van der Waals surface area contributed by atoms with Gasteiger partial charge < -0.3 is 16.0 Å². The highest BCUT2D eigenvalue weighted by Crippen LogP contribution is 2.19. The molecule has 0 spiro atoms. The summed E-state index contributed by atoms with van der Waals surface area (Å²) < 4.78 is 0.